The van der Waals surface area contributed by atoms with Crippen LogP contribution in [-0.4, -0.2) is 10.2 Å². The van der Waals surface area contributed by atoms with Gasteiger partial charge in [-0.3, -0.25) is 0 Å². The van der Waals surface area contributed by atoms with Crippen LogP contribution in [0.2, 0.25) is 0 Å². The van der Waals surface area contributed by atoms with Crippen LogP contribution in [0.25, 0.3) is 0 Å². The van der Waals surface area contributed by atoms with Crippen LogP contribution in [0.3, 0.4) is 0 Å². The molecule has 4 heteroatoms. The maximum Gasteiger partial charge on any atom is 0.178 e. The van der Waals surface area contributed by atoms with Gasteiger partial charge >= 0.3 is 0 Å². The minimum Gasteiger partial charge on any atom is -0.143 e. The molecule has 0 spiro atoms. The zero-order valence-electron chi connectivity index (χ0n) is 8.19. The Balaban J connectivity index is 1.80. The molecule has 1 aromatic carbocycles. The molecular formula is C11H11IN2S. The van der Waals surface area contributed by atoms with Crippen LogP contribution >= 0.6 is 33.9 Å². The largest absolute Gasteiger partial charge is 0.178 e. The van der Waals surface area contributed by atoms with Crippen molar-refractivity contribution in [3.05, 3.63) is 43.9 Å². The molecule has 0 N–H and O–H groups in total. The van der Waals surface area contributed by atoms with Crippen molar-refractivity contribution >= 4 is 33.9 Å². The second kappa shape index (κ2) is 5.55. The molecule has 0 radical (unpaired) electrons. The standard InChI is InChI=1S/C11H11IN2S/c12-11-14-13-10(15-11)8-4-7-9-5-2-1-3-6-9/h1-3,5-6H,4,7-8H2. The van der Waals surface area contributed by atoms with Gasteiger partial charge in [0, 0.05) is 6.42 Å². The van der Waals surface area contributed by atoms with Crippen LogP contribution in [0, 0.1) is 3.01 Å². The van der Waals surface area contributed by atoms with Crippen molar-refractivity contribution in [1.29, 1.82) is 0 Å². The van der Waals surface area contributed by atoms with Crippen molar-refractivity contribution in [2.24, 2.45) is 0 Å². The van der Waals surface area contributed by atoms with E-state index in [1.165, 1.54) is 5.56 Å². The molecule has 0 bridgehead atoms. The molecule has 1 heterocycles. The molecule has 0 atom stereocenters. The maximum atomic E-state index is 4.11. The van der Waals surface area contributed by atoms with Crippen LogP contribution in [0.4, 0.5) is 0 Å². The summed E-state index contributed by atoms with van der Waals surface area (Å²) in [5.41, 5.74) is 1.40. The fraction of sp³-hybridized carbons (Fsp3) is 0.273. The Hall–Kier alpha value is -0.490. The van der Waals surface area contributed by atoms with E-state index in [0.29, 0.717) is 0 Å². The van der Waals surface area contributed by atoms with Gasteiger partial charge < -0.3 is 0 Å². The summed E-state index contributed by atoms with van der Waals surface area (Å²) in [6, 6.07) is 10.6. The van der Waals surface area contributed by atoms with Crippen LogP contribution in [0.5, 0.6) is 0 Å². The van der Waals surface area contributed by atoms with Gasteiger partial charge in [-0.05, 0) is 41.0 Å². The van der Waals surface area contributed by atoms with Crippen molar-refractivity contribution in [2.45, 2.75) is 19.3 Å². The molecule has 0 aliphatic rings. The quantitative estimate of drug-likeness (QED) is 0.804. The molecular weight excluding hydrogens is 319 g/mol. The third kappa shape index (κ3) is 3.53. The predicted octanol–water partition coefficient (Wildman–Crippen LogP) is 3.32. The number of hydrogen-bond acceptors (Lipinski definition) is 3. The molecule has 0 saturated heterocycles. The molecule has 0 aliphatic heterocycles. The van der Waals surface area contributed by atoms with E-state index < -0.39 is 0 Å². The van der Waals surface area contributed by atoms with Gasteiger partial charge in [0.2, 0.25) is 0 Å². The molecule has 0 aliphatic carbocycles. The van der Waals surface area contributed by atoms with Crippen molar-refractivity contribution in [2.75, 3.05) is 0 Å². The van der Waals surface area contributed by atoms with Crippen LogP contribution in [0.1, 0.15) is 17.0 Å². The first-order valence-corrected chi connectivity index (χ1v) is 6.76. The van der Waals surface area contributed by atoms with Crippen LogP contribution in [-0.2, 0) is 12.8 Å². The Morgan fingerprint density at radius 1 is 1.07 bits per heavy atom. The SMILES string of the molecule is Ic1nnc(CCCc2ccccc2)s1. The number of aryl methyl sites for hydroxylation is 2. The second-order valence-electron chi connectivity index (χ2n) is 3.29. The Kier molecular flexibility index (Phi) is 4.08. The van der Waals surface area contributed by atoms with E-state index in [2.05, 4.69) is 63.1 Å². The summed E-state index contributed by atoms with van der Waals surface area (Å²) in [6.07, 6.45) is 3.31. The minimum absolute atomic E-state index is 1.03. The zero-order chi connectivity index (χ0) is 10.5. The summed E-state index contributed by atoms with van der Waals surface area (Å²) in [7, 11) is 0. The smallest absolute Gasteiger partial charge is 0.143 e. The summed E-state index contributed by atoms with van der Waals surface area (Å²) >= 11 is 3.90. The second-order valence-corrected chi connectivity index (χ2v) is 6.10. The first-order chi connectivity index (χ1) is 7.34. The zero-order valence-corrected chi connectivity index (χ0v) is 11.2. The third-order valence-electron chi connectivity index (χ3n) is 2.14. The number of benzene rings is 1. The van der Waals surface area contributed by atoms with E-state index in [9.17, 15) is 0 Å². The van der Waals surface area contributed by atoms with Crippen molar-refractivity contribution in [3.63, 3.8) is 0 Å². The lowest BCUT2D eigenvalue weighted by Crippen LogP contribution is -1.89. The number of halogens is 1. The van der Waals surface area contributed by atoms with Gasteiger partial charge in [-0.15, -0.1) is 10.2 Å². The highest BCUT2D eigenvalue weighted by Crippen LogP contribution is 2.14. The third-order valence-corrected chi connectivity index (χ3v) is 3.79. The van der Waals surface area contributed by atoms with Crippen molar-refractivity contribution in [1.82, 2.24) is 10.2 Å². The number of hydrogen-bond donors (Lipinski definition) is 0. The Morgan fingerprint density at radius 3 is 2.53 bits per heavy atom. The van der Waals surface area contributed by atoms with Gasteiger partial charge in [0.25, 0.3) is 0 Å². The Labute approximate surface area is 107 Å². The molecule has 2 aromatic rings. The lowest BCUT2D eigenvalue weighted by molar-refractivity contribution is 0.800. The monoisotopic (exact) mass is 330 g/mol. The lowest BCUT2D eigenvalue weighted by Gasteiger charge is -1.98. The number of nitrogens with zero attached hydrogens (tertiary/aromatic N) is 2. The highest BCUT2D eigenvalue weighted by atomic mass is 127. The molecule has 0 amide bonds. The average Bonchev–Trinajstić information content (AvgIpc) is 2.66. The summed E-state index contributed by atoms with van der Waals surface area (Å²) in [4.78, 5) is 0. The highest BCUT2D eigenvalue weighted by Gasteiger charge is 2.00. The fourth-order valence-corrected chi connectivity index (χ4v) is 2.90. The summed E-state index contributed by atoms with van der Waals surface area (Å²) in [5, 5.41) is 9.25. The maximum absolute atomic E-state index is 4.11. The summed E-state index contributed by atoms with van der Waals surface area (Å²) in [5.74, 6) is 0. The molecule has 0 unspecified atom stereocenters. The molecule has 0 saturated carbocycles. The van der Waals surface area contributed by atoms with Crippen molar-refractivity contribution in [3.8, 4) is 0 Å². The normalized spacial score (nSPS) is 10.5. The van der Waals surface area contributed by atoms with Crippen LogP contribution in [0.15, 0.2) is 30.3 Å². The number of rotatable bonds is 4. The van der Waals surface area contributed by atoms with Gasteiger partial charge in [-0.2, -0.15) is 0 Å². The predicted molar refractivity (Wildman–Crippen MR) is 71.1 cm³/mol. The summed E-state index contributed by atoms with van der Waals surface area (Å²) in [6.45, 7) is 0. The Morgan fingerprint density at radius 2 is 1.87 bits per heavy atom. The van der Waals surface area contributed by atoms with E-state index >= 15 is 0 Å². The van der Waals surface area contributed by atoms with Crippen LogP contribution < -0.4 is 0 Å². The molecule has 2 rings (SSSR count). The minimum atomic E-state index is 1.03. The molecule has 0 fully saturated rings. The molecule has 1 aromatic heterocycles. The van der Waals surface area contributed by atoms with E-state index in [0.717, 1.165) is 27.3 Å². The molecule has 2 nitrogen and oxygen atoms in total. The summed E-state index contributed by atoms with van der Waals surface area (Å²) < 4.78 is 1.03. The van der Waals surface area contributed by atoms with Crippen molar-refractivity contribution < 1.29 is 0 Å². The van der Waals surface area contributed by atoms with E-state index in [1.54, 1.807) is 11.3 Å². The molecule has 15 heavy (non-hydrogen) atoms. The lowest BCUT2D eigenvalue weighted by atomic mass is 10.1. The van der Waals surface area contributed by atoms with Gasteiger partial charge in [0.15, 0.2) is 3.01 Å². The first-order valence-electron chi connectivity index (χ1n) is 4.86. The first kappa shape index (κ1) is 11.0. The van der Waals surface area contributed by atoms with Gasteiger partial charge in [-0.25, -0.2) is 0 Å². The average molecular weight is 330 g/mol. The van der Waals surface area contributed by atoms with E-state index in [-0.39, 0.29) is 0 Å². The fourth-order valence-electron chi connectivity index (χ4n) is 1.42. The topological polar surface area (TPSA) is 25.8 Å². The van der Waals surface area contributed by atoms with E-state index in [4.69, 9.17) is 0 Å². The number of aromatic nitrogens is 2. The molecule has 78 valence electrons. The highest BCUT2D eigenvalue weighted by molar-refractivity contribution is 14.1. The van der Waals surface area contributed by atoms with E-state index in [1.807, 2.05) is 0 Å². The van der Waals surface area contributed by atoms with Gasteiger partial charge in [0.1, 0.15) is 5.01 Å². The Bertz CT molecular complexity index is 414. The van der Waals surface area contributed by atoms with Gasteiger partial charge in [0.05, 0.1) is 0 Å². The van der Waals surface area contributed by atoms with Gasteiger partial charge in [-0.1, -0.05) is 41.7 Å².